The molecular formula is C58H36N2. The molecule has 0 aliphatic heterocycles. The molecule has 2 nitrogen and oxygen atoms in total. The number of rotatable bonds is 4. The highest BCUT2D eigenvalue weighted by atomic mass is 15.0. The monoisotopic (exact) mass is 760 g/mol. The number of nitrogens with zero attached hydrogens (tertiary/aromatic N) is 2. The molecule has 0 saturated carbocycles. The number of para-hydroxylation sites is 4. The third-order valence-electron chi connectivity index (χ3n) is 12.8. The Morgan fingerprint density at radius 1 is 0.217 bits per heavy atom. The quantitative estimate of drug-likeness (QED) is 0.158. The van der Waals surface area contributed by atoms with Gasteiger partial charge in [0, 0.05) is 32.9 Å². The summed E-state index contributed by atoms with van der Waals surface area (Å²) in [5.41, 5.74) is 12.0. The SMILES string of the molecule is c1ccc(-n2c3ccccc3c3cc4c(-c5ccc6ccccc6c5)c5cc(-n6c7ccccc7c7ccccc76)ccc5c(-c5ccc6ccccc6c5)c4cc32)cc1. The number of hydrogen-bond acceptors (Lipinski definition) is 0. The molecule has 278 valence electrons. The lowest BCUT2D eigenvalue weighted by Crippen LogP contribution is -1.97. The zero-order chi connectivity index (χ0) is 39.3. The average Bonchev–Trinajstić information content (AvgIpc) is 3.82. The van der Waals surface area contributed by atoms with Crippen LogP contribution in [0.3, 0.4) is 0 Å². The standard InChI is InChI=1S/C58H36N2/c1-2-18-43(19-3-1)59-55-25-13-10-22-47(55)49-35-51-52(36-56(49)59)57(41-28-26-37-14-4-6-16-39(37)32-41)48-31-30-44(60-53-23-11-8-20-45(53)46-21-9-12-24-54(46)60)34-50(48)58(51)42-29-27-38-15-5-7-17-40(38)33-42/h1-36H. The van der Waals surface area contributed by atoms with Crippen molar-refractivity contribution < 1.29 is 0 Å². The van der Waals surface area contributed by atoms with Gasteiger partial charge in [-0.25, -0.2) is 0 Å². The minimum Gasteiger partial charge on any atom is -0.309 e. The summed E-state index contributed by atoms with van der Waals surface area (Å²) < 4.78 is 4.89. The first-order valence-electron chi connectivity index (χ1n) is 20.8. The summed E-state index contributed by atoms with van der Waals surface area (Å²) in [6.07, 6.45) is 0. The molecule has 0 unspecified atom stereocenters. The van der Waals surface area contributed by atoms with Crippen LogP contribution in [0.15, 0.2) is 218 Å². The lowest BCUT2D eigenvalue weighted by molar-refractivity contribution is 1.18. The molecule has 0 amide bonds. The minimum atomic E-state index is 1.15. The van der Waals surface area contributed by atoms with E-state index in [0.717, 1.165) is 11.4 Å². The smallest absolute Gasteiger partial charge is 0.0547 e. The van der Waals surface area contributed by atoms with Gasteiger partial charge < -0.3 is 9.13 Å². The molecule has 0 spiro atoms. The number of aromatic nitrogens is 2. The first kappa shape index (κ1) is 33.1. The zero-order valence-corrected chi connectivity index (χ0v) is 32.7. The van der Waals surface area contributed by atoms with Gasteiger partial charge in [0.25, 0.3) is 0 Å². The van der Waals surface area contributed by atoms with Crippen molar-refractivity contribution in [1.82, 2.24) is 9.13 Å². The minimum absolute atomic E-state index is 1.15. The topological polar surface area (TPSA) is 9.86 Å². The van der Waals surface area contributed by atoms with E-state index >= 15 is 0 Å². The number of benzene rings is 11. The van der Waals surface area contributed by atoms with Crippen molar-refractivity contribution in [2.45, 2.75) is 0 Å². The maximum atomic E-state index is 2.49. The van der Waals surface area contributed by atoms with Gasteiger partial charge in [0.05, 0.1) is 22.1 Å². The molecule has 0 aliphatic carbocycles. The van der Waals surface area contributed by atoms with Gasteiger partial charge in [-0.3, -0.25) is 0 Å². The fourth-order valence-electron chi connectivity index (χ4n) is 10.2. The predicted molar refractivity (Wildman–Crippen MR) is 256 cm³/mol. The van der Waals surface area contributed by atoms with Crippen LogP contribution in [0.5, 0.6) is 0 Å². The van der Waals surface area contributed by atoms with Gasteiger partial charge in [0.2, 0.25) is 0 Å². The van der Waals surface area contributed by atoms with Crippen molar-refractivity contribution in [3.63, 3.8) is 0 Å². The van der Waals surface area contributed by atoms with Gasteiger partial charge in [-0.2, -0.15) is 0 Å². The average molecular weight is 761 g/mol. The summed E-state index contributed by atoms with van der Waals surface area (Å²) in [6.45, 7) is 0. The highest BCUT2D eigenvalue weighted by Crippen LogP contribution is 2.48. The molecule has 2 aromatic heterocycles. The highest BCUT2D eigenvalue weighted by molar-refractivity contribution is 6.26. The molecule has 0 atom stereocenters. The molecule has 2 heteroatoms. The van der Waals surface area contributed by atoms with Crippen molar-refractivity contribution in [2.75, 3.05) is 0 Å². The molecule has 0 fully saturated rings. The largest absolute Gasteiger partial charge is 0.309 e. The third-order valence-corrected chi connectivity index (χ3v) is 12.8. The lowest BCUT2D eigenvalue weighted by atomic mass is 9.84. The van der Waals surface area contributed by atoms with Crippen LogP contribution in [-0.2, 0) is 0 Å². The summed E-state index contributed by atoms with van der Waals surface area (Å²) in [5.74, 6) is 0. The molecule has 60 heavy (non-hydrogen) atoms. The zero-order valence-electron chi connectivity index (χ0n) is 32.7. The van der Waals surface area contributed by atoms with Crippen LogP contribution in [0.1, 0.15) is 0 Å². The Balaban J connectivity index is 1.24. The Morgan fingerprint density at radius 2 is 0.667 bits per heavy atom. The van der Waals surface area contributed by atoms with Crippen molar-refractivity contribution in [2.24, 2.45) is 0 Å². The van der Waals surface area contributed by atoms with Crippen LogP contribution in [0, 0.1) is 0 Å². The summed E-state index contributed by atoms with van der Waals surface area (Å²) in [6, 6.07) is 80.9. The van der Waals surface area contributed by atoms with Crippen molar-refractivity contribution in [3.05, 3.63) is 218 Å². The van der Waals surface area contributed by atoms with E-state index in [1.807, 2.05) is 0 Å². The first-order chi connectivity index (χ1) is 29.8. The highest BCUT2D eigenvalue weighted by Gasteiger charge is 2.22. The van der Waals surface area contributed by atoms with Crippen molar-refractivity contribution in [1.29, 1.82) is 0 Å². The normalized spacial score (nSPS) is 12.0. The lowest BCUT2D eigenvalue weighted by Gasteiger charge is -2.20. The maximum Gasteiger partial charge on any atom is 0.0547 e. The van der Waals surface area contributed by atoms with Gasteiger partial charge >= 0.3 is 0 Å². The third kappa shape index (κ3) is 4.82. The Hall–Kier alpha value is -7.94. The van der Waals surface area contributed by atoms with E-state index in [1.54, 1.807) is 0 Å². The van der Waals surface area contributed by atoms with Gasteiger partial charge in [-0.05, 0) is 132 Å². The second-order valence-electron chi connectivity index (χ2n) is 16.1. The summed E-state index contributed by atoms with van der Waals surface area (Å²) >= 11 is 0. The fraction of sp³-hybridized carbons (Fsp3) is 0. The van der Waals surface area contributed by atoms with E-state index in [2.05, 4.69) is 228 Å². The Morgan fingerprint density at radius 3 is 1.27 bits per heavy atom. The van der Waals surface area contributed by atoms with E-state index < -0.39 is 0 Å². The van der Waals surface area contributed by atoms with Crippen LogP contribution in [0.25, 0.3) is 120 Å². The Bertz CT molecular complexity index is 3830. The van der Waals surface area contributed by atoms with Gasteiger partial charge in [0.15, 0.2) is 0 Å². The van der Waals surface area contributed by atoms with E-state index in [4.69, 9.17) is 0 Å². The van der Waals surface area contributed by atoms with Crippen molar-refractivity contribution >= 4 is 86.7 Å². The number of hydrogen-bond donors (Lipinski definition) is 0. The van der Waals surface area contributed by atoms with Crippen molar-refractivity contribution in [3.8, 4) is 33.6 Å². The summed E-state index contributed by atoms with van der Waals surface area (Å²) in [7, 11) is 0. The van der Waals surface area contributed by atoms with E-state index in [1.165, 1.54) is 109 Å². The molecule has 0 bridgehead atoms. The molecule has 0 saturated heterocycles. The second-order valence-corrected chi connectivity index (χ2v) is 16.1. The van der Waals surface area contributed by atoms with Crippen LogP contribution in [0.2, 0.25) is 0 Å². The van der Waals surface area contributed by atoms with Crippen LogP contribution in [-0.4, -0.2) is 9.13 Å². The Kier molecular flexibility index (Phi) is 7.05. The van der Waals surface area contributed by atoms with Gasteiger partial charge in [0.1, 0.15) is 0 Å². The maximum absolute atomic E-state index is 2.49. The molecule has 11 aromatic carbocycles. The molecule has 2 heterocycles. The van der Waals surface area contributed by atoms with Crippen LogP contribution >= 0.6 is 0 Å². The van der Waals surface area contributed by atoms with Gasteiger partial charge in [-0.1, -0.05) is 152 Å². The van der Waals surface area contributed by atoms with E-state index in [-0.39, 0.29) is 0 Å². The molecule has 0 radical (unpaired) electrons. The predicted octanol–water partition coefficient (Wildman–Crippen LogP) is 15.8. The van der Waals surface area contributed by atoms with Crippen LogP contribution in [0.4, 0.5) is 0 Å². The van der Waals surface area contributed by atoms with Crippen LogP contribution < -0.4 is 0 Å². The first-order valence-corrected chi connectivity index (χ1v) is 20.8. The summed E-state index contributed by atoms with van der Waals surface area (Å²) in [4.78, 5) is 0. The molecule has 0 N–H and O–H groups in total. The number of fused-ring (bicyclic) bond motifs is 10. The molecule has 13 rings (SSSR count). The fourth-order valence-corrected chi connectivity index (χ4v) is 10.2. The summed E-state index contributed by atoms with van der Waals surface area (Å²) in [5, 5.41) is 14.9. The van der Waals surface area contributed by atoms with Gasteiger partial charge in [-0.15, -0.1) is 0 Å². The van der Waals surface area contributed by atoms with E-state index in [0.29, 0.717) is 0 Å². The molecular weight excluding hydrogens is 725 g/mol. The molecule has 13 aromatic rings. The second kappa shape index (κ2) is 12.8. The Labute approximate surface area is 346 Å². The molecule has 0 aliphatic rings. The van der Waals surface area contributed by atoms with E-state index in [9.17, 15) is 0 Å².